The van der Waals surface area contributed by atoms with Crippen molar-refractivity contribution < 1.29 is 9.53 Å². The Labute approximate surface area is 161 Å². The van der Waals surface area contributed by atoms with Crippen molar-refractivity contribution in [3.8, 4) is 5.75 Å². The van der Waals surface area contributed by atoms with Crippen LogP contribution in [0.4, 0.5) is 0 Å². The topological polar surface area (TPSA) is 41.6 Å². The van der Waals surface area contributed by atoms with E-state index in [0.717, 1.165) is 27.5 Å². The molecule has 0 aliphatic heterocycles. The Bertz CT molecular complexity index is 747. The van der Waals surface area contributed by atoms with Gasteiger partial charge in [-0.15, -0.1) is 0 Å². The van der Waals surface area contributed by atoms with Crippen LogP contribution in [0.25, 0.3) is 0 Å². The SMILES string of the molecule is COc1ccccc1C(CNC(=O)CCc1ccc(C)c(Cl)c1)N(C)C. The summed E-state index contributed by atoms with van der Waals surface area (Å²) < 4.78 is 5.46. The zero-order valence-electron chi connectivity index (χ0n) is 15.9. The highest BCUT2D eigenvalue weighted by molar-refractivity contribution is 6.31. The average molecular weight is 375 g/mol. The number of halogens is 1. The first kappa shape index (κ1) is 20.3. The highest BCUT2D eigenvalue weighted by Gasteiger charge is 2.18. The second-order valence-corrected chi connectivity index (χ2v) is 7.02. The molecule has 1 amide bonds. The van der Waals surface area contributed by atoms with Crippen LogP contribution in [0.5, 0.6) is 5.75 Å². The summed E-state index contributed by atoms with van der Waals surface area (Å²) in [5.74, 6) is 0.859. The Morgan fingerprint density at radius 1 is 1.23 bits per heavy atom. The summed E-state index contributed by atoms with van der Waals surface area (Å²) in [5.41, 5.74) is 3.18. The molecule has 1 N–H and O–H groups in total. The van der Waals surface area contributed by atoms with Gasteiger partial charge in [-0.2, -0.15) is 0 Å². The van der Waals surface area contributed by atoms with Crippen LogP contribution in [0.15, 0.2) is 42.5 Å². The van der Waals surface area contributed by atoms with Crippen molar-refractivity contribution in [3.63, 3.8) is 0 Å². The zero-order chi connectivity index (χ0) is 19.1. The van der Waals surface area contributed by atoms with Crippen LogP contribution in [0.2, 0.25) is 5.02 Å². The van der Waals surface area contributed by atoms with Crippen LogP contribution < -0.4 is 10.1 Å². The zero-order valence-corrected chi connectivity index (χ0v) is 16.6. The number of benzene rings is 2. The fourth-order valence-corrected chi connectivity index (χ4v) is 3.06. The molecule has 2 rings (SSSR count). The van der Waals surface area contributed by atoms with Crippen molar-refractivity contribution in [2.24, 2.45) is 0 Å². The Balaban J connectivity index is 1.94. The first-order valence-corrected chi connectivity index (χ1v) is 9.11. The monoisotopic (exact) mass is 374 g/mol. The van der Waals surface area contributed by atoms with E-state index in [9.17, 15) is 4.79 Å². The predicted octanol–water partition coefficient (Wildman–Crippen LogP) is 4.01. The molecular formula is C21H27ClN2O2. The molecule has 0 spiro atoms. The molecule has 0 aliphatic rings. The van der Waals surface area contributed by atoms with Gasteiger partial charge in [0.25, 0.3) is 0 Å². The molecule has 1 atom stereocenters. The van der Waals surface area contributed by atoms with E-state index in [1.165, 1.54) is 0 Å². The number of likely N-dealkylation sites (N-methyl/N-ethyl adjacent to an activating group) is 1. The number of carbonyl (C=O) groups is 1. The first-order valence-electron chi connectivity index (χ1n) is 8.73. The second-order valence-electron chi connectivity index (χ2n) is 6.61. The van der Waals surface area contributed by atoms with E-state index in [1.54, 1.807) is 7.11 Å². The lowest BCUT2D eigenvalue weighted by atomic mass is 10.0. The Kier molecular flexibility index (Phi) is 7.49. The van der Waals surface area contributed by atoms with Crippen LogP contribution in [-0.4, -0.2) is 38.6 Å². The minimum Gasteiger partial charge on any atom is -0.496 e. The first-order chi connectivity index (χ1) is 12.4. The number of amides is 1. The van der Waals surface area contributed by atoms with E-state index in [0.29, 0.717) is 19.4 Å². The minimum absolute atomic E-state index is 0.0310. The van der Waals surface area contributed by atoms with Gasteiger partial charge >= 0.3 is 0 Å². The molecule has 2 aromatic rings. The number of carbonyl (C=O) groups excluding carboxylic acids is 1. The van der Waals surface area contributed by atoms with Crippen LogP contribution in [0.1, 0.15) is 29.2 Å². The molecule has 4 nitrogen and oxygen atoms in total. The molecule has 0 saturated heterocycles. The van der Waals surface area contributed by atoms with E-state index in [4.69, 9.17) is 16.3 Å². The van der Waals surface area contributed by atoms with Crippen molar-refractivity contribution in [2.75, 3.05) is 27.7 Å². The van der Waals surface area contributed by atoms with E-state index in [1.807, 2.05) is 63.5 Å². The summed E-state index contributed by atoms with van der Waals surface area (Å²) in [5, 5.41) is 3.78. The molecule has 140 valence electrons. The highest BCUT2D eigenvalue weighted by atomic mass is 35.5. The van der Waals surface area contributed by atoms with Crippen LogP contribution in [0.3, 0.4) is 0 Å². The van der Waals surface area contributed by atoms with Crippen molar-refractivity contribution in [3.05, 3.63) is 64.2 Å². The summed E-state index contributed by atoms with van der Waals surface area (Å²) in [4.78, 5) is 14.4. The predicted molar refractivity (Wildman–Crippen MR) is 107 cm³/mol. The van der Waals surface area contributed by atoms with Gasteiger partial charge in [0.2, 0.25) is 5.91 Å². The maximum Gasteiger partial charge on any atom is 0.220 e. The van der Waals surface area contributed by atoms with Gasteiger partial charge in [-0.05, 0) is 50.7 Å². The molecule has 5 heteroatoms. The lowest BCUT2D eigenvalue weighted by Crippen LogP contribution is -2.34. The Morgan fingerprint density at radius 3 is 2.62 bits per heavy atom. The van der Waals surface area contributed by atoms with Crippen molar-refractivity contribution in [1.29, 1.82) is 0 Å². The largest absolute Gasteiger partial charge is 0.496 e. The summed E-state index contributed by atoms with van der Waals surface area (Å²) >= 11 is 6.15. The summed E-state index contributed by atoms with van der Waals surface area (Å²) in [6.07, 6.45) is 1.11. The van der Waals surface area contributed by atoms with Gasteiger partial charge in [0.1, 0.15) is 5.75 Å². The van der Waals surface area contributed by atoms with Crippen molar-refractivity contribution in [2.45, 2.75) is 25.8 Å². The van der Waals surface area contributed by atoms with E-state index in [-0.39, 0.29) is 11.9 Å². The van der Waals surface area contributed by atoms with E-state index in [2.05, 4.69) is 10.2 Å². The third kappa shape index (κ3) is 5.48. The third-order valence-corrected chi connectivity index (χ3v) is 4.90. The molecule has 26 heavy (non-hydrogen) atoms. The van der Waals surface area contributed by atoms with Crippen LogP contribution in [0, 0.1) is 6.92 Å². The summed E-state index contributed by atoms with van der Waals surface area (Å²) in [7, 11) is 5.66. The quantitative estimate of drug-likeness (QED) is 0.759. The standard InChI is InChI=1S/C21H27ClN2O2/c1-15-9-10-16(13-18(15)22)11-12-21(25)23-14-19(24(2)3)17-7-5-6-8-20(17)26-4/h5-10,13,19H,11-12,14H2,1-4H3,(H,23,25). The van der Waals surface area contributed by atoms with Gasteiger partial charge in [0.15, 0.2) is 0 Å². The number of para-hydroxylation sites is 1. The molecule has 0 saturated carbocycles. The smallest absolute Gasteiger partial charge is 0.220 e. The maximum atomic E-state index is 12.3. The Hall–Kier alpha value is -2.04. The summed E-state index contributed by atoms with van der Waals surface area (Å²) in [6.45, 7) is 2.50. The number of methoxy groups -OCH3 is 1. The molecule has 0 fully saturated rings. The van der Waals surface area contributed by atoms with E-state index >= 15 is 0 Å². The fourth-order valence-electron chi connectivity index (χ4n) is 2.86. The van der Waals surface area contributed by atoms with Gasteiger partial charge in [0.05, 0.1) is 13.2 Å². The molecule has 2 aromatic carbocycles. The average Bonchev–Trinajstić information content (AvgIpc) is 2.63. The summed E-state index contributed by atoms with van der Waals surface area (Å²) in [6, 6.07) is 13.9. The number of nitrogens with zero attached hydrogens (tertiary/aromatic N) is 1. The van der Waals surface area contributed by atoms with Crippen LogP contribution in [-0.2, 0) is 11.2 Å². The number of hydrogen-bond acceptors (Lipinski definition) is 3. The molecule has 1 unspecified atom stereocenters. The van der Waals surface area contributed by atoms with Gasteiger partial charge in [0, 0.05) is 23.6 Å². The molecule has 0 aromatic heterocycles. The second kappa shape index (κ2) is 9.60. The van der Waals surface area contributed by atoms with Gasteiger partial charge in [-0.3, -0.25) is 4.79 Å². The van der Waals surface area contributed by atoms with Crippen molar-refractivity contribution >= 4 is 17.5 Å². The normalized spacial score (nSPS) is 12.1. The van der Waals surface area contributed by atoms with Gasteiger partial charge in [-0.1, -0.05) is 41.9 Å². The number of ether oxygens (including phenoxy) is 1. The third-order valence-electron chi connectivity index (χ3n) is 4.49. The molecule has 0 bridgehead atoms. The lowest BCUT2D eigenvalue weighted by Gasteiger charge is -2.26. The van der Waals surface area contributed by atoms with Gasteiger partial charge in [-0.25, -0.2) is 0 Å². The highest BCUT2D eigenvalue weighted by Crippen LogP contribution is 2.27. The molecular weight excluding hydrogens is 348 g/mol. The van der Waals surface area contributed by atoms with Gasteiger partial charge < -0.3 is 15.0 Å². The number of aryl methyl sites for hydroxylation is 2. The van der Waals surface area contributed by atoms with Crippen molar-refractivity contribution in [1.82, 2.24) is 10.2 Å². The number of hydrogen-bond donors (Lipinski definition) is 1. The number of rotatable bonds is 8. The van der Waals surface area contributed by atoms with E-state index < -0.39 is 0 Å². The number of nitrogens with one attached hydrogen (secondary N) is 1. The lowest BCUT2D eigenvalue weighted by molar-refractivity contribution is -0.121. The minimum atomic E-state index is 0.0310. The molecule has 0 aliphatic carbocycles. The molecule has 0 heterocycles. The Morgan fingerprint density at radius 2 is 1.96 bits per heavy atom. The maximum absolute atomic E-state index is 12.3. The molecule has 0 radical (unpaired) electrons. The fraction of sp³-hybridized carbons (Fsp3) is 0.381. The van der Waals surface area contributed by atoms with Crippen LogP contribution >= 0.6 is 11.6 Å².